The normalized spacial score (nSPS) is 10.6. The van der Waals surface area contributed by atoms with Gasteiger partial charge < -0.3 is 10.6 Å². The highest BCUT2D eigenvalue weighted by atomic mass is 79.9. The number of carbonyl (C=O) groups is 2. The largest absolute Gasteiger partial charge is 0.342 e. The quantitative estimate of drug-likeness (QED) is 0.557. The third kappa shape index (κ3) is 4.31. The van der Waals surface area contributed by atoms with Crippen LogP contribution in [-0.4, -0.2) is 28.6 Å². The maximum absolute atomic E-state index is 12.5. The van der Waals surface area contributed by atoms with Crippen LogP contribution in [0.25, 0.3) is 11.3 Å². The van der Waals surface area contributed by atoms with Crippen LogP contribution in [0, 0.1) is 20.8 Å². The number of aryl methyl sites for hydroxylation is 3. The molecule has 0 aliphatic heterocycles. The summed E-state index contributed by atoms with van der Waals surface area (Å²) in [5, 5.41) is 12.4. The third-order valence-corrected chi connectivity index (χ3v) is 5.10. The van der Waals surface area contributed by atoms with Gasteiger partial charge in [0, 0.05) is 11.3 Å². The second-order valence-electron chi connectivity index (χ2n) is 6.63. The fraction of sp³-hybridized carbons (Fsp3) is 0.190. The molecular formula is C21H21BrN4O2. The molecule has 0 radical (unpaired) electrons. The maximum Gasteiger partial charge on any atom is 0.270 e. The smallest absolute Gasteiger partial charge is 0.270 e. The molecule has 0 bridgehead atoms. The van der Waals surface area contributed by atoms with E-state index in [9.17, 15) is 9.59 Å². The second-order valence-corrected chi connectivity index (χ2v) is 7.42. The van der Waals surface area contributed by atoms with E-state index in [-0.39, 0.29) is 18.1 Å². The number of carbonyl (C=O) groups excluding carboxylic acids is 2. The summed E-state index contributed by atoms with van der Waals surface area (Å²) in [5.41, 5.74) is 5.68. The number of benzene rings is 2. The van der Waals surface area contributed by atoms with Gasteiger partial charge in [-0.2, -0.15) is 5.10 Å². The molecule has 0 aliphatic rings. The summed E-state index contributed by atoms with van der Waals surface area (Å²) in [6.07, 6.45) is 0. The molecule has 1 heterocycles. The summed E-state index contributed by atoms with van der Waals surface area (Å²) < 4.78 is 0.557. The SMILES string of the molecule is Cc1cc(C)c(NC(=O)CNC(=O)c2[nH]nc(-c3ccccc3)c2Br)c(C)c1. The van der Waals surface area contributed by atoms with Gasteiger partial charge in [0.1, 0.15) is 11.4 Å². The van der Waals surface area contributed by atoms with Crippen LogP contribution >= 0.6 is 15.9 Å². The summed E-state index contributed by atoms with van der Waals surface area (Å²) >= 11 is 3.42. The van der Waals surface area contributed by atoms with E-state index >= 15 is 0 Å². The number of aromatic nitrogens is 2. The van der Waals surface area contributed by atoms with E-state index in [1.165, 1.54) is 0 Å². The average molecular weight is 441 g/mol. The lowest BCUT2D eigenvalue weighted by atomic mass is 10.1. The van der Waals surface area contributed by atoms with Gasteiger partial charge in [0.05, 0.1) is 11.0 Å². The van der Waals surface area contributed by atoms with Crippen LogP contribution in [0.5, 0.6) is 0 Å². The number of rotatable bonds is 5. The Bertz CT molecular complexity index is 1010. The Balaban J connectivity index is 1.65. The minimum atomic E-state index is -0.408. The number of amides is 2. The molecule has 0 atom stereocenters. The summed E-state index contributed by atoms with van der Waals surface area (Å²) in [6, 6.07) is 13.5. The Morgan fingerprint density at radius 3 is 2.36 bits per heavy atom. The Morgan fingerprint density at radius 2 is 1.71 bits per heavy atom. The van der Waals surface area contributed by atoms with E-state index in [0.717, 1.165) is 27.9 Å². The van der Waals surface area contributed by atoms with Gasteiger partial charge in [-0.3, -0.25) is 14.7 Å². The monoisotopic (exact) mass is 440 g/mol. The van der Waals surface area contributed by atoms with Gasteiger partial charge in [-0.1, -0.05) is 48.0 Å². The first-order valence-corrected chi connectivity index (χ1v) is 9.61. The van der Waals surface area contributed by atoms with E-state index in [4.69, 9.17) is 0 Å². The van der Waals surface area contributed by atoms with Gasteiger partial charge in [0.15, 0.2) is 0 Å². The number of nitrogens with zero attached hydrogens (tertiary/aromatic N) is 1. The predicted octanol–water partition coefficient (Wildman–Crippen LogP) is 4.13. The molecule has 28 heavy (non-hydrogen) atoms. The number of anilines is 1. The molecule has 3 aromatic rings. The fourth-order valence-corrected chi connectivity index (χ4v) is 3.66. The van der Waals surface area contributed by atoms with E-state index in [1.807, 2.05) is 63.2 Å². The van der Waals surface area contributed by atoms with Crippen LogP contribution in [0.4, 0.5) is 5.69 Å². The van der Waals surface area contributed by atoms with Crippen LogP contribution in [0.3, 0.4) is 0 Å². The Labute approximate surface area is 171 Å². The first kappa shape index (κ1) is 19.8. The van der Waals surface area contributed by atoms with E-state index in [2.05, 4.69) is 36.8 Å². The Kier molecular flexibility index (Phi) is 5.94. The lowest BCUT2D eigenvalue weighted by molar-refractivity contribution is -0.115. The van der Waals surface area contributed by atoms with Gasteiger partial charge in [-0.15, -0.1) is 0 Å². The summed E-state index contributed by atoms with van der Waals surface area (Å²) in [7, 11) is 0. The van der Waals surface area contributed by atoms with E-state index < -0.39 is 5.91 Å². The van der Waals surface area contributed by atoms with Gasteiger partial charge in [-0.25, -0.2) is 0 Å². The van der Waals surface area contributed by atoms with Crippen molar-refractivity contribution in [2.75, 3.05) is 11.9 Å². The molecular weight excluding hydrogens is 420 g/mol. The van der Waals surface area contributed by atoms with Crippen molar-refractivity contribution in [3.05, 3.63) is 69.3 Å². The van der Waals surface area contributed by atoms with Crippen molar-refractivity contribution >= 4 is 33.4 Å². The molecule has 2 aromatic carbocycles. The fourth-order valence-electron chi connectivity index (χ4n) is 3.08. The summed E-state index contributed by atoms with van der Waals surface area (Å²) in [4.78, 5) is 24.7. The molecule has 2 amide bonds. The first-order valence-electron chi connectivity index (χ1n) is 8.82. The second kappa shape index (κ2) is 8.39. The molecule has 0 saturated carbocycles. The van der Waals surface area contributed by atoms with Crippen molar-refractivity contribution in [3.63, 3.8) is 0 Å². The van der Waals surface area contributed by atoms with Crippen LogP contribution in [-0.2, 0) is 4.79 Å². The van der Waals surface area contributed by atoms with Gasteiger partial charge in [0.2, 0.25) is 5.91 Å². The third-order valence-electron chi connectivity index (χ3n) is 4.33. The highest BCUT2D eigenvalue weighted by Gasteiger charge is 2.19. The number of halogens is 1. The number of hydrogen-bond acceptors (Lipinski definition) is 3. The lowest BCUT2D eigenvalue weighted by Crippen LogP contribution is -2.33. The number of hydrogen-bond donors (Lipinski definition) is 3. The molecule has 3 N–H and O–H groups in total. The van der Waals surface area contributed by atoms with Crippen molar-refractivity contribution in [2.24, 2.45) is 0 Å². The van der Waals surface area contributed by atoms with Crippen molar-refractivity contribution < 1.29 is 9.59 Å². The molecule has 3 rings (SSSR count). The topological polar surface area (TPSA) is 86.9 Å². The Hall–Kier alpha value is -2.93. The maximum atomic E-state index is 12.5. The van der Waals surface area contributed by atoms with Gasteiger partial charge >= 0.3 is 0 Å². The molecule has 1 aromatic heterocycles. The lowest BCUT2D eigenvalue weighted by Gasteiger charge is -2.13. The minimum absolute atomic E-state index is 0.141. The number of H-pyrrole nitrogens is 1. The summed E-state index contributed by atoms with van der Waals surface area (Å²) in [6.45, 7) is 5.76. The molecule has 0 fully saturated rings. The zero-order valence-electron chi connectivity index (χ0n) is 15.9. The van der Waals surface area contributed by atoms with E-state index in [0.29, 0.717) is 10.2 Å². The molecule has 0 saturated heterocycles. The number of nitrogens with one attached hydrogen (secondary N) is 3. The summed E-state index contributed by atoms with van der Waals surface area (Å²) in [5.74, 6) is -0.698. The number of aromatic amines is 1. The highest BCUT2D eigenvalue weighted by molar-refractivity contribution is 9.10. The average Bonchev–Trinajstić information content (AvgIpc) is 3.05. The van der Waals surface area contributed by atoms with Gasteiger partial charge in [-0.05, 0) is 47.8 Å². The van der Waals surface area contributed by atoms with Crippen LogP contribution in [0.1, 0.15) is 27.2 Å². The van der Waals surface area contributed by atoms with Crippen molar-refractivity contribution in [2.45, 2.75) is 20.8 Å². The molecule has 0 aliphatic carbocycles. The van der Waals surface area contributed by atoms with Crippen LogP contribution in [0.2, 0.25) is 0 Å². The van der Waals surface area contributed by atoms with Crippen LogP contribution in [0.15, 0.2) is 46.9 Å². The first-order chi connectivity index (χ1) is 13.4. The zero-order chi connectivity index (χ0) is 20.3. The van der Waals surface area contributed by atoms with Crippen LogP contribution < -0.4 is 10.6 Å². The van der Waals surface area contributed by atoms with Crippen molar-refractivity contribution in [3.8, 4) is 11.3 Å². The Morgan fingerprint density at radius 1 is 1.07 bits per heavy atom. The van der Waals surface area contributed by atoms with Crippen molar-refractivity contribution in [1.82, 2.24) is 15.5 Å². The van der Waals surface area contributed by atoms with Crippen molar-refractivity contribution in [1.29, 1.82) is 0 Å². The molecule has 0 unspecified atom stereocenters. The zero-order valence-corrected chi connectivity index (χ0v) is 17.5. The standard InChI is InChI=1S/C21H21BrN4O2/c1-12-9-13(2)18(14(3)10-12)24-16(27)11-23-21(28)20-17(22)19(25-26-20)15-7-5-4-6-8-15/h4-10H,11H2,1-3H3,(H,23,28)(H,24,27)(H,25,26). The van der Waals surface area contributed by atoms with E-state index in [1.54, 1.807) is 0 Å². The van der Waals surface area contributed by atoms with Gasteiger partial charge in [0.25, 0.3) is 5.91 Å². The predicted molar refractivity (Wildman–Crippen MR) is 113 cm³/mol. The molecule has 0 spiro atoms. The molecule has 6 nitrogen and oxygen atoms in total. The molecule has 7 heteroatoms. The highest BCUT2D eigenvalue weighted by Crippen LogP contribution is 2.28. The molecule has 144 valence electrons. The minimum Gasteiger partial charge on any atom is -0.342 e.